The number of hydrogen-bond donors (Lipinski definition) is 2. The summed E-state index contributed by atoms with van der Waals surface area (Å²) in [5.74, 6) is 2.58. The number of benzene rings is 1. The van der Waals surface area contributed by atoms with Crippen molar-refractivity contribution in [2.24, 2.45) is 0 Å². The number of fused-ring (bicyclic) bond motifs is 1. The normalized spacial score (nSPS) is 16.1. The van der Waals surface area contributed by atoms with E-state index >= 15 is 0 Å². The highest BCUT2D eigenvalue weighted by Crippen LogP contribution is 2.42. The van der Waals surface area contributed by atoms with Crippen molar-refractivity contribution in [3.8, 4) is 23.1 Å². The van der Waals surface area contributed by atoms with Crippen LogP contribution in [-0.4, -0.2) is 54.1 Å². The number of quaternary nitrogens is 1. The van der Waals surface area contributed by atoms with Gasteiger partial charge in [0.15, 0.2) is 17.5 Å². The fraction of sp³-hybridized carbons (Fsp3) is 0.500. The fourth-order valence-corrected chi connectivity index (χ4v) is 5.36. The van der Waals surface area contributed by atoms with Crippen LogP contribution in [0.3, 0.4) is 0 Å². The number of likely N-dealkylation sites (tertiary alicyclic amines) is 1. The molecule has 0 amide bonds. The number of rotatable bonds is 6. The molecule has 0 radical (unpaired) electrons. The molecular weight excluding hydrogens is 392 g/mol. The van der Waals surface area contributed by atoms with E-state index in [0.717, 1.165) is 36.4 Å². The molecule has 0 aliphatic carbocycles. The van der Waals surface area contributed by atoms with Crippen LogP contribution in [0.15, 0.2) is 12.1 Å². The number of aryl methyl sites for hydroxylation is 1. The Morgan fingerprint density at radius 2 is 1.72 bits per heavy atom. The van der Waals surface area contributed by atoms with E-state index in [0.29, 0.717) is 28.0 Å². The Morgan fingerprint density at radius 3 is 2.28 bits per heavy atom. The van der Waals surface area contributed by atoms with Crippen LogP contribution in [0.2, 0.25) is 0 Å². The summed E-state index contributed by atoms with van der Waals surface area (Å²) in [5.41, 5.74) is 1.01. The first-order valence-electron chi connectivity index (χ1n) is 9.76. The SMILES string of the molecule is COc1cc([C@@H](c2sc3nc(C)nn3c2O)[NH+]2CCCCC2)cc(OC)c1OC. The summed E-state index contributed by atoms with van der Waals surface area (Å²) >= 11 is 1.48. The van der Waals surface area contributed by atoms with Gasteiger partial charge in [0, 0.05) is 5.56 Å². The molecule has 4 rings (SSSR count). The molecule has 1 aliphatic rings. The van der Waals surface area contributed by atoms with Crippen molar-refractivity contribution in [1.82, 2.24) is 14.6 Å². The van der Waals surface area contributed by atoms with Crippen LogP contribution >= 0.6 is 11.3 Å². The van der Waals surface area contributed by atoms with Gasteiger partial charge in [-0.2, -0.15) is 4.52 Å². The van der Waals surface area contributed by atoms with E-state index in [1.54, 1.807) is 21.3 Å². The van der Waals surface area contributed by atoms with E-state index in [-0.39, 0.29) is 11.9 Å². The molecular formula is C20H27N4O4S+. The van der Waals surface area contributed by atoms with E-state index in [4.69, 9.17) is 14.2 Å². The van der Waals surface area contributed by atoms with E-state index in [2.05, 4.69) is 10.1 Å². The number of nitrogens with one attached hydrogen (secondary N) is 1. The minimum absolute atomic E-state index is 0.0715. The molecule has 0 saturated carbocycles. The van der Waals surface area contributed by atoms with Gasteiger partial charge in [-0.05, 0) is 38.3 Å². The predicted molar refractivity (Wildman–Crippen MR) is 110 cm³/mol. The maximum atomic E-state index is 11.0. The van der Waals surface area contributed by atoms with Crippen molar-refractivity contribution >= 4 is 16.3 Å². The zero-order valence-corrected chi connectivity index (χ0v) is 18.0. The molecule has 0 spiro atoms. The first-order chi connectivity index (χ1) is 14.1. The molecule has 3 aromatic rings. The van der Waals surface area contributed by atoms with Gasteiger partial charge < -0.3 is 24.2 Å². The van der Waals surface area contributed by atoms with Gasteiger partial charge in [-0.1, -0.05) is 11.3 Å². The number of thiazole rings is 1. The van der Waals surface area contributed by atoms with Crippen molar-refractivity contribution in [3.63, 3.8) is 0 Å². The third kappa shape index (κ3) is 3.49. The highest BCUT2D eigenvalue weighted by Gasteiger charge is 2.35. The summed E-state index contributed by atoms with van der Waals surface area (Å²) in [6.07, 6.45) is 3.57. The largest absolute Gasteiger partial charge is 0.493 e. The van der Waals surface area contributed by atoms with Crippen molar-refractivity contribution in [1.29, 1.82) is 0 Å². The summed E-state index contributed by atoms with van der Waals surface area (Å²) < 4.78 is 18.2. The van der Waals surface area contributed by atoms with Gasteiger partial charge in [-0.3, -0.25) is 0 Å². The monoisotopic (exact) mass is 419 g/mol. The summed E-state index contributed by atoms with van der Waals surface area (Å²) in [5, 5.41) is 15.3. The maximum Gasteiger partial charge on any atom is 0.235 e. The quantitative estimate of drug-likeness (QED) is 0.636. The minimum Gasteiger partial charge on any atom is -0.493 e. The van der Waals surface area contributed by atoms with Gasteiger partial charge in [0.2, 0.25) is 16.6 Å². The van der Waals surface area contributed by atoms with Crippen molar-refractivity contribution in [3.05, 3.63) is 28.4 Å². The van der Waals surface area contributed by atoms with Crippen LogP contribution in [0.5, 0.6) is 23.1 Å². The van der Waals surface area contributed by atoms with E-state index < -0.39 is 0 Å². The average molecular weight is 420 g/mol. The first kappa shape index (κ1) is 19.8. The number of aromatic nitrogens is 3. The van der Waals surface area contributed by atoms with E-state index in [9.17, 15) is 5.11 Å². The number of methoxy groups -OCH3 is 3. The van der Waals surface area contributed by atoms with Crippen LogP contribution in [0.25, 0.3) is 4.96 Å². The van der Waals surface area contributed by atoms with Crippen LogP contribution in [0.4, 0.5) is 0 Å². The number of aromatic hydroxyl groups is 1. The lowest BCUT2D eigenvalue weighted by Crippen LogP contribution is -3.13. The Kier molecular flexibility index (Phi) is 5.51. The Hall–Kier alpha value is -2.52. The Labute approximate surface area is 173 Å². The molecule has 0 unspecified atom stereocenters. The third-order valence-corrected chi connectivity index (χ3v) is 6.58. The molecule has 2 N–H and O–H groups in total. The highest BCUT2D eigenvalue weighted by molar-refractivity contribution is 7.17. The molecule has 8 nitrogen and oxygen atoms in total. The van der Waals surface area contributed by atoms with Crippen molar-refractivity contribution < 1.29 is 24.2 Å². The first-order valence-corrected chi connectivity index (χ1v) is 10.6. The molecule has 2 aromatic heterocycles. The van der Waals surface area contributed by atoms with Crippen molar-refractivity contribution in [2.45, 2.75) is 32.2 Å². The topological polar surface area (TPSA) is 82.6 Å². The van der Waals surface area contributed by atoms with Crippen LogP contribution in [0, 0.1) is 6.92 Å². The molecule has 1 atom stereocenters. The van der Waals surface area contributed by atoms with Gasteiger partial charge in [0.1, 0.15) is 10.7 Å². The maximum absolute atomic E-state index is 11.0. The molecule has 29 heavy (non-hydrogen) atoms. The molecule has 156 valence electrons. The second kappa shape index (κ2) is 8.08. The van der Waals surface area contributed by atoms with Gasteiger partial charge in [0.25, 0.3) is 0 Å². The highest BCUT2D eigenvalue weighted by atomic mass is 32.1. The van der Waals surface area contributed by atoms with E-state index in [1.807, 2.05) is 19.1 Å². The molecule has 1 saturated heterocycles. The van der Waals surface area contributed by atoms with Crippen LogP contribution < -0.4 is 19.1 Å². The molecule has 1 aliphatic heterocycles. The predicted octanol–water partition coefficient (Wildman–Crippen LogP) is 1.99. The van der Waals surface area contributed by atoms with Crippen LogP contribution in [-0.2, 0) is 0 Å². The number of hydrogen-bond acceptors (Lipinski definition) is 7. The molecule has 9 heteroatoms. The zero-order valence-electron chi connectivity index (χ0n) is 17.2. The Bertz CT molecular complexity index is 984. The van der Waals surface area contributed by atoms with Gasteiger partial charge in [-0.25, -0.2) is 4.98 Å². The smallest absolute Gasteiger partial charge is 0.235 e. The lowest BCUT2D eigenvalue weighted by molar-refractivity contribution is -0.929. The van der Waals surface area contributed by atoms with Gasteiger partial charge in [-0.15, -0.1) is 5.10 Å². The van der Waals surface area contributed by atoms with E-state index in [1.165, 1.54) is 27.2 Å². The second-order valence-electron chi connectivity index (χ2n) is 7.25. The van der Waals surface area contributed by atoms with Crippen LogP contribution in [0.1, 0.15) is 41.6 Å². The fourth-order valence-electron chi connectivity index (χ4n) is 4.17. The lowest BCUT2D eigenvalue weighted by Gasteiger charge is -2.31. The number of piperidine rings is 1. The minimum atomic E-state index is -0.0715. The number of nitrogens with zero attached hydrogens (tertiary/aromatic N) is 3. The summed E-state index contributed by atoms with van der Waals surface area (Å²) in [6, 6.07) is 3.89. The Morgan fingerprint density at radius 1 is 1.07 bits per heavy atom. The van der Waals surface area contributed by atoms with Gasteiger partial charge >= 0.3 is 0 Å². The summed E-state index contributed by atoms with van der Waals surface area (Å²) in [6.45, 7) is 3.90. The summed E-state index contributed by atoms with van der Waals surface area (Å²) in [7, 11) is 4.84. The Balaban J connectivity index is 1.88. The summed E-state index contributed by atoms with van der Waals surface area (Å²) in [4.78, 5) is 7.40. The standard InChI is InChI=1S/C20H26N4O4S/c1-12-21-20-24(22-12)19(25)18(29-20)16(23-8-6-5-7-9-23)13-10-14(26-2)17(28-4)15(11-13)27-3/h10-11,16,25H,5-9H2,1-4H3/p+1/t16-/m0/s1. The molecule has 0 bridgehead atoms. The lowest BCUT2D eigenvalue weighted by atomic mass is 9.99. The second-order valence-corrected chi connectivity index (χ2v) is 8.26. The molecule has 1 aromatic carbocycles. The zero-order chi connectivity index (χ0) is 20.5. The average Bonchev–Trinajstić information content (AvgIpc) is 3.25. The molecule has 3 heterocycles. The number of ether oxygens (including phenoxy) is 3. The van der Waals surface area contributed by atoms with Crippen molar-refractivity contribution in [2.75, 3.05) is 34.4 Å². The third-order valence-electron chi connectivity index (χ3n) is 5.49. The van der Waals surface area contributed by atoms with Gasteiger partial charge in [0.05, 0.1) is 34.4 Å². The molecule has 1 fully saturated rings.